The van der Waals surface area contributed by atoms with E-state index in [2.05, 4.69) is 42.8 Å². The van der Waals surface area contributed by atoms with Crippen LogP contribution in [-0.2, 0) is 12.3 Å². The first-order chi connectivity index (χ1) is 8.63. The van der Waals surface area contributed by atoms with Crippen LogP contribution >= 0.6 is 11.6 Å². The molecule has 0 spiro atoms. The maximum absolute atomic E-state index is 5.96. The number of aryl methyl sites for hydroxylation is 1. The van der Waals surface area contributed by atoms with Gasteiger partial charge in [0.25, 0.3) is 0 Å². The number of alkyl halides is 1. The average molecular weight is 268 g/mol. The summed E-state index contributed by atoms with van der Waals surface area (Å²) in [6, 6.07) is 4.81. The van der Waals surface area contributed by atoms with Crippen LogP contribution in [-0.4, -0.2) is 42.6 Å². The summed E-state index contributed by atoms with van der Waals surface area (Å²) in [4.78, 5) is 9.50. The Labute approximate surface area is 115 Å². The lowest BCUT2D eigenvalue weighted by Crippen LogP contribution is -2.50. The predicted octanol–water partition coefficient (Wildman–Crippen LogP) is 2.52. The molecule has 0 N–H and O–H groups in total. The molecule has 2 heterocycles. The Morgan fingerprint density at radius 2 is 2.17 bits per heavy atom. The summed E-state index contributed by atoms with van der Waals surface area (Å²) in [6.45, 7) is 7.57. The number of pyridine rings is 1. The molecular weight excluding hydrogens is 246 g/mol. The van der Waals surface area contributed by atoms with Crippen molar-refractivity contribution in [2.24, 2.45) is 0 Å². The zero-order valence-corrected chi connectivity index (χ0v) is 12.2. The van der Waals surface area contributed by atoms with Crippen molar-refractivity contribution < 1.29 is 0 Å². The summed E-state index contributed by atoms with van der Waals surface area (Å²) in [5.41, 5.74) is 2.31. The summed E-state index contributed by atoms with van der Waals surface area (Å²) < 4.78 is 0. The first-order valence-corrected chi connectivity index (χ1v) is 7.18. The Bertz CT molecular complexity index is 386. The minimum atomic E-state index is 0.561. The van der Waals surface area contributed by atoms with Crippen LogP contribution < -0.4 is 4.90 Å². The molecule has 1 unspecified atom stereocenters. The van der Waals surface area contributed by atoms with Crippen LogP contribution in [0.2, 0.25) is 0 Å². The molecule has 1 saturated heterocycles. The number of halogens is 1. The van der Waals surface area contributed by atoms with Gasteiger partial charge in [0.15, 0.2) is 0 Å². The van der Waals surface area contributed by atoms with Crippen molar-refractivity contribution in [1.29, 1.82) is 0 Å². The third kappa shape index (κ3) is 2.96. The van der Waals surface area contributed by atoms with Gasteiger partial charge in [0.05, 0.1) is 0 Å². The van der Waals surface area contributed by atoms with Crippen LogP contribution in [0.1, 0.15) is 25.1 Å². The highest BCUT2D eigenvalue weighted by molar-refractivity contribution is 6.17. The number of rotatable bonds is 3. The summed E-state index contributed by atoms with van der Waals surface area (Å²) in [7, 11) is 2.18. The molecule has 3 nitrogen and oxygen atoms in total. The van der Waals surface area contributed by atoms with E-state index in [0.29, 0.717) is 11.9 Å². The maximum Gasteiger partial charge on any atom is 0.129 e. The van der Waals surface area contributed by atoms with Gasteiger partial charge in [0, 0.05) is 37.3 Å². The fraction of sp³-hybridized carbons (Fsp3) is 0.643. The molecule has 1 aromatic rings. The Morgan fingerprint density at radius 1 is 1.39 bits per heavy atom. The number of anilines is 1. The molecule has 1 aromatic heterocycles. The van der Waals surface area contributed by atoms with Gasteiger partial charge in [-0.15, -0.1) is 11.6 Å². The van der Waals surface area contributed by atoms with Gasteiger partial charge in [-0.2, -0.15) is 0 Å². The Morgan fingerprint density at radius 3 is 2.78 bits per heavy atom. The highest BCUT2D eigenvalue weighted by Crippen LogP contribution is 2.20. The molecule has 1 aliphatic rings. The van der Waals surface area contributed by atoms with Crippen molar-refractivity contribution in [1.82, 2.24) is 9.88 Å². The van der Waals surface area contributed by atoms with E-state index < -0.39 is 0 Å². The molecular formula is C14H22ClN3. The van der Waals surface area contributed by atoms with Crippen molar-refractivity contribution in [3.63, 3.8) is 0 Å². The van der Waals surface area contributed by atoms with Gasteiger partial charge >= 0.3 is 0 Å². The Kier molecular flexibility index (Phi) is 4.46. The van der Waals surface area contributed by atoms with Crippen LogP contribution in [0.25, 0.3) is 0 Å². The second-order valence-electron chi connectivity index (χ2n) is 5.09. The third-order valence-electron chi connectivity index (χ3n) is 3.72. The highest BCUT2D eigenvalue weighted by Gasteiger charge is 2.21. The van der Waals surface area contributed by atoms with Gasteiger partial charge in [-0.1, -0.05) is 6.92 Å². The number of hydrogen-bond acceptors (Lipinski definition) is 3. The predicted molar refractivity (Wildman–Crippen MR) is 77.5 cm³/mol. The van der Waals surface area contributed by atoms with Gasteiger partial charge in [-0.3, -0.25) is 0 Å². The fourth-order valence-electron chi connectivity index (χ4n) is 2.31. The van der Waals surface area contributed by atoms with E-state index in [9.17, 15) is 0 Å². The van der Waals surface area contributed by atoms with Crippen molar-refractivity contribution in [2.75, 3.05) is 31.6 Å². The van der Waals surface area contributed by atoms with Gasteiger partial charge < -0.3 is 9.80 Å². The van der Waals surface area contributed by atoms with Crippen molar-refractivity contribution >= 4 is 17.4 Å². The van der Waals surface area contributed by atoms with Crippen LogP contribution in [0.5, 0.6) is 0 Å². The lowest BCUT2D eigenvalue weighted by Gasteiger charge is -2.38. The van der Waals surface area contributed by atoms with E-state index in [0.717, 1.165) is 37.6 Å². The second kappa shape index (κ2) is 5.89. The van der Waals surface area contributed by atoms with Crippen molar-refractivity contribution in [3.05, 3.63) is 23.4 Å². The van der Waals surface area contributed by atoms with E-state index >= 15 is 0 Å². The van der Waals surface area contributed by atoms with Gasteiger partial charge in [-0.25, -0.2) is 4.98 Å². The molecule has 1 atom stereocenters. The summed E-state index contributed by atoms with van der Waals surface area (Å²) in [5, 5.41) is 0. The van der Waals surface area contributed by atoms with E-state index in [1.165, 1.54) is 5.56 Å². The minimum Gasteiger partial charge on any atom is -0.354 e. The van der Waals surface area contributed by atoms with Gasteiger partial charge in [0.1, 0.15) is 5.82 Å². The highest BCUT2D eigenvalue weighted by atomic mass is 35.5. The summed E-state index contributed by atoms with van der Waals surface area (Å²) in [6.07, 6.45) is 0.959. The van der Waals surface area contributed by atoms with Crippen LogP contribution in [0, 0.1) is 0 Å². The van der Waals surface area contributed by atoms with Gasteiger partial charge in [0.2, 0.25) is 0 Å². The summed E-state index contributed by atoms with van der Waals surface area (Å²) in [5.74, 6) is 1.65. The normalized spacial score (nSPS) is 21.3. The molecule has 0 aliphatic carbocycles. The number of likely N-dealkylation sites (N-methyl/N-ethyl adjacent to an activating group) is 1. The Hall–Kier alpha value is -0.800. The monoisotopic (exact) mass is 267 g/mol. The zero-order valence-electron chi connectivity index (χ0n) is 11.5. The van der Waals surface area contributed by atoms with E-state index in [1.807, 2.05) is 0 Å². The molecule has 2 rings (SSSR count). The van der Waals surface area contributed by atoms with Crippen LogP contribution in [0.15, 0.2) is 12.1 Å². The smallest absolute Gasteiger partial charge is 0.129 e. The maximum atomic E-state index is 5.96. The largest absolute Gasteiger partial charge is 0.354 e. The molecule has 1 aliphatic heterocycles. The topological polar surface area (TPSA) is 19.4 Å². The van der Waals surface area contributed by atoms with E-state index in [-0.39, 0.29) is 0 Å². The molecule has 0 amide bonds. The molecule has 1 fully saturated rings. The van der Waals surface area contributed by atoms with Crippen molar-refractivity contribution in [2.45, 2.75) is 32.2 Å². The zero-order chi connectivity index (χ0) is 13.1. The number of piperazine rings is 1. The van der Waals surface area contributed by atoms with Crippen LogP contribution in [0.3, 0.4) is 0 Å². The minimum absolute atomic E-state index is 0.561. The average Bonchev–Trinajstić information content (AvgIpc) is 2.41. The lowest BCUT2D eigenvalue weighted by molar-refractivity contribution is 0.233. The molecule has 4 heteroatoms. The first-order valence-electron chi connectivity index (χ1n) is 6.65. The van der Waals surface area contributed by atoms with Crippen LogP contribution in [0.4, 0.5) is 5.82 Å². The lowest BCUT2D eigenvalue weighted by atomic mass is 10.1. The SMILES string of the molecule is CCc1cc(CCl)cc(N2CCN(C)C(C)C2)n1. The molecule has 100 valence electrons. The molecule has 18 heavy (non-hydrogen) atoms. The first kappa shape index (κ1) is 13.6. The third-order valence-corrected chi connectivity index (χ3v) is 4.03. The number of aromatic nitrogens is 1. The second-order valence-corrected chi connectivity index (χ2v) is 5.36. The standard InChI is InChI=1S/C14H22ClN3/c1-4-13-7-12(9-15)8-14(16-13)18-6-5-17(3)11(2)10-18/h7-8,11H,4-6,9-10H2,1-3H3. The molecule has 0 saturated carbocycles. The Balaban J connectivity index is 2.22. The van der Waals surface area contributed by atoms with Gasteiger partial charge in [-0.05, 0) is 38.1 Å². The molecule has 0 aromatic carbocycles. The number of hydrogen-bond donors (Lipinski definition) is 0. The summed E-state index contributed by atoms with van der Waals surface area (Å²) >= 11 is 5.96. The fourth-order valence-corrected chi connectivity index (χ4v) is 2.46. The van der Waals surface area contributed by atoms with E-state index in [1.54, 1.807) is 0 Å². The quantitative estimate of drug-likeness (QED) is 0.785. The van der Waals surface area contributed by atoms with E-state index in [4.69, 9.17) is 16.6 Å². The number of nitrogens with zero attached hydrogens (tertiary/aromatic N) is 3. The molecule has 0 radical (unpaired) electrons. The molecule has 0 bridgehead atoms. The van der Waals surface area contributed by atoms with Crippen molar-refractivity contribution in [3.8, 4) is 0 Å².